The number of carbonyl (C=O) groups is 2. The number of urea groups is 1. The van der Waals surface area contributed by atoms with E-state index in [9.17, 15) is 9.59 Å². The SMILES string of the molecule is O=C1[C@H]2CCCN(C(=O)NCCc3ccccc3)[C@H]2C[C@@H]2c3c(ccc4c3OCO4)CCN12. The Bertz CT molecular complexity index is 1070. The van der Waals surface area contributed by atoms with Gasteiger partial charge in [0.15, 0.2) is 11.5 Å². The van der Waals surface area contributed by atoms with Crippen molar-refractivity contribution in [2.75, 3.05) is 26.4 Å². The van der Waals surface area contributed by atoms with Gasteiger partial charge >= 0.3 is 6.03 Å². The largest absolute Gasteiger partial charge is 0.454 e. The highest BCUT2D eigenvalue weighted by Crippen LogP contribution is 2.50. The molecular formula is C26H29N3O4. The summed E-state index contributed by atoms with van der Waals surface area (Å²) in [5.74, 6) is 1.60. The Morgan fingerprint density at radius 1 is 1.09 bits per heavy atom. The number of carbonyl (C=O) groups excluding carboxylic acids is 2. The predicted octanol–water partition coefficient (Wildman–Crippen LogP) is 3.28. The zero-order valence-corrected chi connectivity index (χ0v) is 18.7. The van der Waals surface area contributed by atoms with Gasteiger partial charge in [0.05, 0.1) is 12.0 Å². The lowest BCUT2D eigenvalue weighted by Gasteiger charge is -2.51. The second-order valence-corrected chi connectivity index (χ2v) is 9.38. The first kappa shape index (κ1) is 20.4. The first-order chi connectivity index (χ1) is 16.2. The van der Waals surface area contributed by atoms with Crippen LogP contribution >= 0.6 is 0 Å². The average molecular weight is 448 g/mol. The van der Waals surface area contributed by atoms with Crippen LogP contribution in [0.15, 0.2) is 42.5 Å². The highest BCUT2D eigenvalue weighted by Gasteiger charge is 2.49. The molecule has 3 amide bonds. The molecule has 0 saturated carbocycles. The predicted molar refractivity (Wildman–Crippen MR) is 122 cm³/mol. The molecule has 0 spiro atoms. The van der Waals surface area contributed by atoms with Crippen LogP contribution < -0.4 is 14.8 Å². The highest BCUT2D eigenvalue weighted by atomic mass is 16.7. The molecular weight excluding hydrogens is 418 g/mol. The van der Waals surface area contributed by atoms with E-state index < -0.39 is 0 Å². The fourth-order valence-electron chi connectivity index (χ4n) is 6.07. The van der Waals surface area contributed by atoms with Crippen LogP contribution in [0, 0.1) is 5.92 Å². The molecule has 2 fully saturated rings. The first-order valence-electron chi connectivity index (χ1n) is 12.0. The molecule has 172 valence electrons. The van der Waals surface area contributed by atoms with E-state index in [1.807, 2.05) is 34.1 Å². The molecule has 3 atom stereocenters. The van der Waals surface area contributed by atoms with Gasteiger partial charge in [-0.2, -0.15) is 0 Å². The van der Waals surface area contributed by atoms with Gasteiger partial charge in [-0.15, -0.1) is 0 Å². The summed E-state index contributed by atoms with van der Waals surface area (Å²) in [7, 11) is 0. The summed E-state index contributed by atoms with van der Waals surface area (Å²) < 4.78 is 11.5. The Morgan fingerprint density at radius 3 is 2.85 bits per heavy atom. The molecule has 33 heavy (non-hydrogen) atoms. The molecule has 6 rings (SSSR count). The molecule has 7 nitrogen and oxygen atoms in total. The molecule has 4 aliphatic rings. The fraction of sp³-hybridized carbons (Fsp3) is 0.462. The molecule has 0 aromatic heterocycles. The third-order valence-electron chi connectivity index (χ3n) is 7.64. The van der Waals surface area contributed by atoms with Gasteiger partial charge in [-0.05, 0) is 49.3 Å². The Labute approximate surface area is 193 Å². The van der Waals surface area contributed by atoms with Crippen molar-refractivity contribution in [3.63, 3.8) is 0 Å². The van der Waals surface area contributed by atoms with Gasteiger partial charge in [0.2, 0.25) is 12.7 Å². The molecule has 7 heteroatoms. The van der Waals surface area contributed by atoms with Crippen LogP contribution in [0.1, 0.15) is 42.0 Å². The fourth-order valence-corrected chi connectivity index (χ4v) is 6.07. The first-order valence-corrected chi connectivity index (χ1v) is 12.0. The Morgan fingerprint density at radius 2 is 1.97 bits per heavy atom. The van der Waals surface area contributed by atoms with Crippen LogP contribution in [0.4, 0.5) is 4.79 Å². The molecule has 4 aliphatic heterocycles. The van der Waals surface area contributed by atoms with Crippen LogP contribution in [0.3, 0.4) is 0 Å². The average Bonchev–Trinajstić information content (AvgIpc) is 3.33. The second-order valence-electron chi connectivity index (χ2n) is 9.38. The molecule has 0 bridgehead atoms. The van der Waals surface area contributed by atoms with Crippen molar-refractivity contribution in [3.05, 3.63) is 59.2 Å². The number of piperidine rings is 2. The van der Waals surface area contributed by atoms with Crippen molar-refractivity contribution in [1.29, 1.82) is 0 Å². The van der Waals surface area contributed by atoms with Gasteiger partial charge in [-0.25, -0.2) is 4.79 Å². The smallest absolute Gasteiger partial charge is 0.317 e. The summed E-state index contributed by atoms with van der Waals surface area (Å²) in [6, 6.07) is 14.0. The summed E-state index contributed by atoms with van der Waals surface area (Å²) in [6.45, 7) is 2.22. The quantitative estimate of drug-likeness (QED) is 0.784. The minimum atomic E-state index is -0.120. The van der Waals surface area contributed by atoms with E-state index in [-0.39, 0.29) is 36.7 Å². The molecule has 4 heterocycles. The van der Waals surface area contributed by atoms with E-state index in [4.69, 9.17) is 9.47 Å². The summed E-state index contributed by atoms with van der Waals surface area (Å²) >= 11 is 0. The normalized spacial score (nSPS) is 25.2. The number of rotatable bonds is 3. The molecule has 1 N–H and O–H groups in total. The van der Waals surface area contributed by atoms with Gasteiger partial charge < -0.3 is 24.6 Å². The van der Waals surface area contributed by atoms with E-state index in [1.54, 1.807) is 0 Å². The van der Waals surface area contributed by atoms with E-state index >= 15 is 0 Å². The van der Waals surface area contributed by atoms with Crippen LogP contribution in [0.2, 0.25) is 0 Å². The third-order valence-corrected chi connectivity index (χ3v) is 7.64. The van der Waals surface area contributed by atoms with Crippen molar-refractivity contribution in [2.24, 2.45) is 5.92 Å². The zero-order valence-electron chi connectivity index (χ0n) is 18.7. The summed E-state index contributed by atoms with van der Waals surface area (Å²) in [6.07, 6.45) is 4.08. The van der Waals surface area contributed by atoms with Crippen molar-refractivity contribution >= 4 is 11.9 Å². The van der Waals surface area contributed by atoms with Crippen LogP contribution in [0.5, 0.6) is 11.5 Å². The standard InChI is InChI=1S/C26H29N3O4/c30-25-19-7-4-13-29(26(31)27-12-10-17-5-2-1-3-6-17)20(19)15-21-23-18(11-14-28(21)25)8-9-22-24(23)33-16-32-22/h1-3,5-6,8-9,19-21H,4,7,10-16H2,(H,27,31)/t19-,20-,21+/m0/s1. The second kappa shape index (κ2) is 8.28. The summed E-state index contributed by atoms with van der Waals surface area (Å²) in [5, 5.41) is 3.10. The Hall–Kier alpha value is -3.22. The minimum absolute atomic E-state index is 0.0595. The van der Waals surface area contributed by atoms with Crippen molar-refractivity contribution in [2.45, 2.75) is 44.2 Å². The highest BCUT2D eigenvalue weighted by molar-refractivity contribution is 5.84. The zero-order chi connectivity index (χ0) is 22.4. The number of nitrogens with one attached hydrogen (secondary N) is 1. The molecule has 0 unspecified atom stereocenters. The van der Waals surface area contributed by atoms with Gasteiger partial charge in [-0.3, -0.25) is 4.79 Å². The number of fused-ring (bicyclic) bond motifs is 6. The molecule has 2 aromatic carbocycles. The Kier molecular flexibility index (Phi) is 5.12. The van der Waals surface area contributed by atoms with Crippen molar-refractivity contribution in [3.8, 4) is 11.5 Å². The van der Waals surface area contributed by atoms with E-state index in [0.29, 0.717) is 13.1 Å². The van der Waals surface area contributed by atoms with Gasteiger partial charge in [-0.1, -0.05) is 36.4 Å². The molecule has 0 aliphatic carbocycles. The molecule has 2 aromatic rings. The lowest BCUT2D eigenvalue weighted by molar-refractivity contribution is -0.148. The number of amides is 3. The number of ether oxygens (including phenoxy) is 2. The number of benzene rings is 2. The van der Waals surface area contributed by atoms with Crippen LogP contribution in [0.25, 0.3) is 0 Å². The molecule has 0 radical (unpaired) electrons. The van der Waals surface area contributed by atoms with E-state index in [0.717, 1.165) is 55.7 Å². The maximum atomic E-state index is 13.6. The van der Waals surface area contributed by atoms with Crippen LogP contribution in [-0.2, 0) is 17.6 Å². The van der Waals surface area contributed by atoms with E-state index in [2.05, 4.69) is 23.5 Å². The van der Waals surface area contributed by atoms with Crippen molar-refractivity contribution in [1.82, 2.24) is 15.1 Å². The van der Waals surface area contributed by atoms with E-state index in [1.165, 1.54) is 11.1 Å². The number of nitrogens with zero attached hydrogens (tertiary/aromatic N) is 2. The summed E-state index contributed by atoms with van der Waals surface area (Å²) in [4.78, 5) is 30.7. The van der Waals surface area contributed by atoms with Gasteiger partial charge in [0.1, 0.15) is 0 Å². The lowest BCUT2D eigenvalue weighted by Crippen LogP contribution is -2.61. The Balaban J connectivity index is 1.23. The lowest BCUT2D eigenvalue weighted by atomic mass is 9.76. The minimum Gasteiger partial charge on any atom is -0.454 e. The maximum absolute atomic E-state index is 13.6. The topological polar surface area (TPSA) is 71.1 Å². The summed E-state index contributed by atoms with van der Waals surface area (Å²) in [5.41, 5.74) is 3.51. The number of hydrogen-bond donors (Lipinski definition) is 1. The van der Waals surface area contributed by atoms with Gasteiger partial charge in [0, 0.05) is 31.2 Å². The monoisotopic (exact) mass is 447 g/mol. The molecule has 2 saturated heterocycles. The van der Waals surface area contributed by atoms with Gasteiger partial charge in [0.25, 0.3) is 0 Å². The third kappa shape index (κ3) is 3.50. The number of likely N-dealkylation sites (tertiary alicyclic amines) is 1. The maximum Gasteiger partial charge on any atom is 0.317 e. The van der Waals surface area contributed by atoms with Crippen LogP contribution in [-0.4, -0.2) is 54.2 Å². The van der Waals surface area contributed by atoms with Crippen molar-refractivity contribution < 1.29 is 19.1 Å². The number of hydrogen-bond acceptors (Lipinski definition) is 4.